The Morgan fingerprint density at radius 2 is 2.12 bits per heavy atom. The molecule has 1 fully saturated rings. The number of hydrogen-bond acceptors (Lipinski definition) is 3. The van der Waals surface area contributed by atoms with Gasteiger partial charge in [0.05, 0.1) is 11.7 Å². The Hall–Kier alpha value is -2.70. The van der Waals surface area contributed by atoms with Crippen LogP contribution < -0.4 is 5.32 Å². The summed E-state index contributed by atoms with van der Waals surface area (Å²) in [5.41, 5.74) is 3.69. The van der Waals surface area contributed by atoms with Crippen LogP contribution in [-0.2, 0) is 22.7 Å². The highest BCUT2D eigenvalue weighted by Crippen LogP contribution is 2.16. The van der Waals surface area contributed by atoms with Crippen molar-refractivity contribution in [2.45, 2.75) is 46.3 Å². The molecule has 6 nitrogen and oxygen atoms in total. The fourth-order valence-corrected chi connectivity index (χ4v) is 3.23. The first-order chi connectivity index (χ1) is 12.3. The molecule has 1 aromatic carbocycles. The summed E-state index contributed by atoms with van der Waals surface area (Å²) in [6, 6.07) is 5.97. The minimum absolute atomic E-state index is 0.0403. The lowest BCUT2D eigenvalue weighted by Crippen LogP contribution is -2.39. The van der Waals surface area contributed by atoms with Gasteiger partial charge in [0.2, 0.25) is 11.8 Å². The monoisotopic (exact) mass is 358 g/mol. The number of nitrogens with one attached hydrogen (secondary N) is 1. The molecule has 138 valence electrons. The SMILES string of the molecule is Cc1nn(CC(=O)NC2CC(=O)N(Cc3cccc(F)c3)C2)c(C)c1C. The maximum absolute atomic E-state index is 13.3. The highest BCUT2D eigenvalue weighted by atomic mass is 19.1. The van der Waals surface area contributed by atoms with Gasteiger partial charge in [0.1, 0.15) is 12.4 Å². The normalized spacial score (nSPS) is 17.0. The Balaban J connectivity index is 1.56. The molecule has 0 saturated carbocycles. The van der Waals surface area contributed by atoms with Crippen LogP contribution in [0.5, 0.6) is 0 Å². The number of halogens is 1. The molecule has 1 atom stereocenters. The standard InChI is InChI=1S/C19H23FN4O2/c1-12-13(2)22-24(14(12)3)11-18(25)21-17-8-19(26)23(10-17)9-15-5-4-6-16(20)7-15/h4-7,17H,8-11H2,1-3H3,(H,21,25). The van der Waals surface area contributed by atoms with Gasteiger partial charge in [-0.3, -0.25) is 14.3 Å². The third-order valence-corrected chi connectivity index (χ3v) is 4.88. The smallest absolute Gasteiger partial charge is 0.242 e. The number of aryl methyl sites for hydroxylation is 1. The molecule has 2 heterocycles. The van der Waals surface area contributed by atoms with E-state index in [1.807, 2.05) is 20.8 Å². The van der Waals surface area contributed by atoms with Crippen LogP contribution in [0.4, 0.5) is 4.39 Å². The van der Waals surface area contributed by atoms with Crippen molar-refractivity contribution in [2.75, 3.05) is 6.54 Å². The molecule has 1 aromatic heterocycles. The van der Waals surface area contributed by atoms with Crippen LogP contribution in [0.2, 0.25) is 0 Å². The van der Waals surface area contributed by atoms with Crippen molar-refractivity contribution in [3.8, 4) is 0 Å². The second kappa shape index (κ2) is 7.27. The summed E-state index contributed by atoms with van der Waals surface area (Å²) < 4.78 is 15.0. The lowest BCUT2D eigenvalue weighted by molar-refractivity contribution is -0.128. The maximum Gasteiger partial charge on any atom is 0.242 e. The number of carbonyl (C=O) groups is 2. The van der Waals surface area contributed by atoms with E-state index in [1.54, 1.807) is 21.7 Å². The van der Waals surface area contributed by atoms with Crippen molar-refractivity contribution < 1.29 is 14.0 Å². The van der Waals surface area contributed by atoms with Gasteiger partial charge < -0.3 is 10.2 Å². The highest BCUT2D eigenvalue weighted by Gasteiger charge is 2.30. The molecule has 2 aromatic rings. The van der Waals surface area contributed by atoms with Gasteiger partial charge in [-0.1, -0.05) is 12.1 Å². The zero-order chi connectivity index (χ0) is 18.8. The fourth-order valence-electron chi connectivity index (χ4n) is 3.23. The summed E-state index contributed by atoms with van der Waals surface area (Å²) >= 11 is 0. The predicted molar refractivity (Wildman–Crippen MR) is 94.8 cm³/mol. The van der Waals surface area contributed by atoms with Crippen LogP contribution >= 0.6 is 0 Å². The molecule has 26 heavy (non-hydrogen) atoms. The summed E-state index contributed by atoms with van der Waals surface area (Å²) in [6.07, 6.45) is 0.261. The number of hydrogen-bond donors (Lipinski definition) is 1. The van der Waals surface area contributed by atoms with E-state index in [2.05, 4.69) is 10.4 Å². The van der Waals surface area contributed by atoms with Crippen molar-refractivity contribution in [1.82, 2.24) is 20.0 Å². The quantitative estimate of drug-likeness (QED) is 0.887. The average molecular weight is 358 g/mol. The van der Waals surface area contributed by atoms with Gasteiger partial charge in [0.15, 0.2) is 0 Å². The van der Waals surface area contributed by atoms with Crippen LogP contribution in [-0.4, -0.2) is 39.1 Å². The molecular formula is C19H23FN4O2. The Bertz CT molecular complexity index is 846. The lowest BCUT2D eigenvalue weighted by atomic mass is 10.2. The van der Waals surface area contributed by atoms with Gasteiger partial charge >= 0.3 is 0 Å². The molecule has 1 unspecified atom stereocenters. The first kappa shape index (κ1) is 18.1. The molecule has 1 saturated heterocycles. The average Bonchev–Trinajstić information content (AvgIpc) is 3.02. The summed E-state index contributed by atoms with van der Waals surface area (Å²) in [4.78, 5) is 26.1. The molecular weight excluding hydrogens is 335 g/mol. The Labute approximate surface area is 152 Å². The molecule has 2 amide bonds. The van der Waals surface area contributed by atoms with Crippen molar-refractivity contribution in [2.24, 2.45) is 0 Å². The van der Waals surface area contributed by atoms with Crippen molar-refractivity contribution in [3.05, 3.63) is 52.6 Å². The number of aromatic nitrogens is 2. The molecule has 1 N–H and O–H groups in total. The minimum Gasteiger partial charge on any atom is -0.349 e. The summed E-state index contributed by atoms with van der Waals surface area (Å²) in [7, 11) is 0. The van der Waals surface area contributed by atoms with Crippen molar-refractivity contribution in [1.29, 1.82) is 0 Å². The lowest BCUT2D eigenvalue weighted by Gasteiger charge is -2.17. The molecule has 0 spiro atoms. The molecule has 0 bridgehead atoms. The number of likely N-dealkylation sites (tertiary alicyclic amines) is 1. The van der Waals surface area contributed by atoms with E-state index in [4.69, 9.17) is 0 Å². The second-order valence-corrected chi connectivity index (χ2v) is 6.83. The van der Waals surface area contributed by atoms with E-state index in [0.717, 1.165) is 22.5 Å². The van der Waals surface area contributed by atoms with E-state index < -0.39 is 0 Å². The van der Waals surface area contributed by atoms with Crippen LogP contribution in [0.25, 0.3) is 0 Å². The first-order valence-corrected chi connectivity index (χ1v) is 8.65. The summed E-state index contributed by atoms with van der Waals surface area (Å²) in [6.45, 7) is 6.73. The molecule has 1 aliphatic heterocycles. The minimum atomic E-state index is -0.320. The van der Waals surface area contributed by atoms with Crippen LogP contribution in [0.1, 0.15) is 28.9 Å². The van der Waals surface area contributed by atoms with Gasteiger partial charge in [-0.25, -0.2) is 4.39 Å². The van der Waals surface area contributed by atoms with Crippen molar-refractivity contribution in [3.63, 3.8) is 0 Å². The zero-order valence-corrected chi connectivity index (χ0v) is 15.3. The van der Waals surface area contributed by atoms with E-state index in [9.17, 15) is 14.0 Å². The number of rotatable bonds is 5. The van der Waals surface area contributed by atoms with Gasteiger partial charge in [-0.05, 0) is 44.0 Å². The molecule has 0 radical (unpaired) electrons. The van der Waals surface area contributed by atoms with Gasteiger partial charge in [0.25, 0.3) is 0 Å². The van der Waals surface area contributed by atoms with Crippen molar-refractivity contribution >= 4 is 11.8 Å². The molecule has 3 rings (SSSR count). The Morgan fingerprint density at radius 3 is 2.77 bits per heavy atom. The molecule has 0 aliphatic carbocycles. The Kier molecular flexibility index (Phi) is 5.06. The van der Waals surface area contributed by atoms with Gasteiger partial charge in [-0.15, -0.1) is 0 Å². The van der Waals surface area contributed by atoms with E-state index >= 15 is 0 Å². The fraction of sp³-hybridized carbons (Fsp3) is 0.421. The molecule has 7 heteroatoms. The summed E-state index contributed by atoms with van der Waals surface area (Å²) in [5, 5.41) is 7.27. The van der Waals surface area contributed by atoms with E-state index in [1.165, 1.54) is 12.1 Å². The summed E-state index contributed by atoms with van der Waals surface area (Å²) in [5.74, 6) is -0.526. The van der Waals surface area contributed by atoms with Gasteiger partial charge in [0, 0.05) is 25.2 Å². The topological polar surface area (TPSA) is 67.2 Å². The predicted octanol–water partition coefficient (Wildman–Crippen LogP) is 1.86. The third kappa shape index (κ3) is 3.92. The van der Waals surface area contributed by atoms with Crippen LogP contribution in [0.3, 0.4) is 0 Å². The first-order valence-electron chi connectivity index (χ1n) is 8.65. The second-order valence-electron chi connectivity index (χ2n) is 6.83. The highest BCUT2D eigenvalue weighted by molar-refractivity contribution is 5.82. The largest absolute Gasteiger partial charge is 0.349 e. The maximum atomic E-state index is 13.3. The number of benzene rings is 1. The Morgan fingerprint density at radius 1 is 1.35 bits per heavy atom. The van der Waals surface area contributed by atoms with Crippen LogP contribution in [0, 0.1) is 26.6 Å². The van der Waals surface area contributed by atoms with Gasteiger partial charge in [-0.2, -0.15) is 5.10 Å². The van der Waals surface area contributed by atoms with E-state index in [0.29, 0.717) is 13.1 Å². The number of carbonyl (C=O) groups excluding carboxylic acids is 2. The number of nitrogens with zero attached hydrogens (tertiary/aromatic N) is 3. The molecule has 1 aliphatic rings. The van der Waals surface area contributed by atoms with E-state index in [-0.39, 0.29) is 36.6 Å². The third-order valence-electron chi connectivity index (χ3n) is 4.88. The van der Waals surface area contributed by atoms with Crippen LogP contribution in [0.15, 0.2) is 24.3 Å². The zero-order valence-electron chi connectivity index (χ0n) is 15.3. The number of amides is 2.